The molecule has 0 bridgehead atoms. The monoisotopic (exact) mass is 661 g/mol. The number of para-hydroxylation sites is 2. The lowest BCUT2D eigenvalue weighted by atomic mass is 9.82. The molecule has 256 valence electrons. The van der Waals surface area contributed by atoms with Gasteiger partial charge in [-0.15, -0.1) is 0 Å². The first-order chi connectivity index (χ1) is 23.4. The molecule has 4 fully saturated rings. The van der Waals surface area contributed by atoms with Crippen LogP contribution in [0.15, 0.2) is 96.3 Å². The molecule has 3 aromatic carbocycles. The topological polar surface area (TPSA) is 6.48 Å². The maximum Gasteiger partial charge on any atom is 0.162 e. The van der Waals surface area contributed by atoms with Crippen LogP contribution in [0, 0.1) is 0 Å². The first-order valence-electron chi connectivity index (χ1n) is 19.7. The third kappa shape index (κ3) is 5.97. The van der Waals surface area contributed by atoms with Crippen LogP contribution in [-0.2, 0) is 0 Å². The van der Waals surface area contributed by atoms with Crippen molar-refractivity contribution in [1.82, 2.24) is 0 Å². The van der Waals surface area contributed by atoms with Crippen molar-refractivity contribution in [3.63, 3.8) is 0 Å². The molecule has 48 heavy (non-hydrogen) atoms. The second-order valence-corrected chi connectivity index (χ2v) is 21.0. The van der Waals surface area contributed by atoms with Crippen LogP contribution in [0.4, 0.5) is 11.4 Å². The van der Waals surface area contributed by atoms with E-state index in [1.54, 1.807) is 0 Å². The molecule has 1 aliphatic heterocycles. The molecule has 0 N–H and O–H groups in total. The van der Waals surface area contributed by atoms with E-state index in [1.807, 2.05) is 5.31 Å². The second-order valence-electron chi connectivity index (χ2n) is 16.6. The molecule has 0 unspecified atom stereocenters. The van der Waals surface area contributed by atoms with E-state index in [2.05, 4.69) is 135 Å². The van der Waals surface area contributed by atoms with Gasteiger partial charge in [-0.3, -0.25) is 0 Å². The van der Waals surface area contributed by atoms with E-state index in [1.165, 1.54) is 113 Å². The summed E-state index contributed by atoms with van der Waals surface area (Å²) in [4.78, 5) is 5.83. The predicted molar refractivity (Wildman–Crippen MR) is 212 cm³/mol. The van der Waals surface area contributed by atoms with Crippen molar-refractivity contribution < 1.29 is 0 Å². The number of hydrogen-bond acceptors (Lipinski definition) is 2. The third-order valence-electron chi connectivity index (χ3n) is 13.6. The van der Waals surface area contributed by atoms with Crippen LogP contribution in [0.5, 0.6) is 0 Å². The van der Waals surface area contributed by atoms with Crippen molar-refractivity contribution in [1.29, 1.82) is 0 Å². The van der Waals surface area contributed by atoms with E-state index < -0.39 is 7.26 Å². The van der Waals surface area contributed by atoms with Crippen molar-refractivity contribution in [2.24, 2.45) is 0 Å². The van der Waals surface area contributed by atoms with Crippen molar-refractivity contribution in [2.75, 3.05) is 9.80 Å². The molecule has 2 nitrogen and oxygen atoms in total. The molecule has 0 radical (unpaired) electrons. The van der Waals surface area contributed by atoms with Gasteiger partial charge in [0.25, 0.3) is 0 Å². The van der Waals surface area contributed by atoms with Crippen molar-refractivity contribution in [2.45, 2.75) is 158 Å². The van der Waals surface area contributed by atoms with Gasteiger partial charge in [0, 0.05) is 11.4 Å². The molecule has 3 heteroatoms. The molecule has 0 aromatic heterocycles. The normalized spacial score (nSPS) is 23.5. The number of benzene rings is 3. The van der Waals surface area contributed by atoms with Crippen LogP contribution in [0.2, 0.25) is 0 Å². The van der Waals surface area contributed by atoms with Crippen molar-refractivity contribution in [3.05, 3.63) is 102 Å². The van der Waals surface area contributed by atoms with E-state index in [-0.39, 0.29) is 17.2 Å². The van der Waals surface area contributed by atoms with Crippen molar-refractivity contribution >= 4 is 24.7 Å². The van der Waals surface area contributed by atoms with Crippen LogP contribution in [0.1, 0.15) is 130 Å². The summed E-state index contributed by atoms with van der Waals surface area (Å²) < 4.78 is 0. The lowest BCUT2D eigenvalue weighted by Gasteiger charge is -2.52. The summed E-state index contributed by atoms with van der Waals surface area (Å²) in [5, 5.41) is 1.85. The molecule has 3 saturated carbocycles. The third-order valence-corrected chi connectivity index (χ3v) is 20.1. The molecule has 4 aliphatic rings. The van der Waals surface area contributed by atoms with E-state index in [9.17, 15) is 0 Å². The van der Waals surface area contributed by atoms with Gasteiger partial charge >= 0.3 is 0 Å². The molecule has 3 aliphatic carbocycles. The van der Waals surface area contributed by atoms with Gasteiger partial charge in [-0.1, -0.05) is 86.0 Å². The fourth-order valence-corrected chi connectivity index (χ4v) is 18.6. The first kappa shape index (κ1) is 33.9. The molecule has 0 amide bonds. The van der Waals surface area contributed by atoms with Gasteiger partial charge in [0.15, 0.2) is 6.17 Å². The van der Waals surface area contributed by atoms with Gasteiger partial charge in [-0.05, 0) is 141 Å². The Hall–Kier alpha value is -2.57. The zero-order valence-electron chi connectivity index (χ0n) is 30.5. The van der Waals surface area contributed by atoms with Gasteiger partial charge in [-0.25, -0.2) is 0 Å². The highest BCUT2D eigenvalue weighted by Crippen LogP contribution is 2.83. The number of anilines is 2. The quantitative estimate of drug-likeness (QED) is 0.222. The zero-order chi connectivity index (χ0) is 33.2. The van der Waals surface area contributed by atoms with Crippen LogP contribution in [0.3, 0.4) is 0 Å². The number of hydrogen-bond donors (Lipinski definition) is 0. The Kier molecular flexibility index (Phi) is 10.1. The summed E-state index contributed by atoms with van der Waals surface area (Å²) in [6, 6.07) is 34.7. The van der Waals surface area contributed by atoms with Crippen molar-refractivity contribution in [3.8, 4) is 0 Å². The van der Waals surface area contributed by atoms with Gasteiger partial charge in [-0.2, -0.15) is 0 Å². The zero-order valence-corrected chi connectivity index (χ0v) is 31.4. The smallest absolute Gasteiger partial charge is 0.162 e. The summed E-state index contributed by atoms with van der Waals surface area (Å²) in [7, 11) is -1.70. The molecule has 1 saturated heterocycles. The Morgan fingerprint density at radius 2 is 0.833 bits per heavy atom. The maximum atomic E-state index is 2.91. The first-order valence-corrected chi connectivity index (χ1v) is 21.7. The van der Waals surface area contributed by atoms with Gasteiger partial charge in [0.1, 0.15) is 5.31 Å². The fraction of sp³-hybridized carbons (Fsp3) is 0.556. The summed E-state index contributed by atoms with van der Waals surface area (Å²) in [5.74, 6) is 0. The SMILES string of the molecule is CC1(C)N(c2ccccc2)C(/C(=C/c2ccccc2)[P+](C2CCCCC2)(C2CCCCC2)C2CCCCC2)N(c2ccccc2)C1(C)C. The molecule has 7 rings (SSSR count). The minimum absolute atomic E-state index is 0.119. The van der Waals surface area contributed by atoms with Crippen LogP contribution in [-0.4, -0.2) is 34.2 Å². The van der Waals surface area contributed by atoms with Crippen LogP contribution >= 0.6 is 7.26 Å². The molecular formula is C45H62N2P+. The Labute approximate surface area is 293 Å². The minimum Gasteiger partial charge on any atom is -0.337 e. The minimum atomic E-state index is -1.70. The van der Waals surface area contributed by atoms with Gasteiger partial charge in [0.05, 0.1) is 35.3 Å². The Bertz CT molecular complexity index is 1370. The predicted octanol–water partition coefficient (Wildman–Crippen LogP) is 13.0. The molecule has 1 heterocycles. The highest BCUT2D eigenvalue weighted by Gasteiger charge is 2.67. The highest BCUT2D eigenvalue weighted by molar-refractivity contribution is 7.82. The average molecular weight is 662 g/mol. The standard InChI is InChI=1S/C45H62N2P/c1-44(2)45(3,4)47(38-27-15-7-16-28-38)43(46(44)37-25-13-6-14-26-37)42(35-36-23-11-5-12-24-36)48(39-29-17-8-18-30-39,40-31-19-9-20-32-40)41-33-21-10-22-34-41/h5-7,11-16,23-28,35,39-41,43H,8-10,17-22,29-34H2,1-4H3/q+1/b42-35-. The summed E-state index contributed by atoms with van der Waals surface area (Å²) >= 11 is 0. The second kappa shape index (κ2) is 14.3. The highest BCUT2D eigenvalue weighted by atomic mass is 31.2. The summed E-state index contributed by atoms with van der Waals surface area (Å²) in [6.45, 7) is 10.2. The van der Waals surface area contributed by atoms with E-state index in [0.717, 1.165) is 17.0 Å². The summed E-state index contributed by atoms with van der Waals surface area (Å²) in [5.41, 5.74) is 6.47. The largest absolute Gasteiger partial charge is 0.337 e. The lowest BCUT2D eigenvalue weighted by molar-refractivity contribution is 0.345. The Balaban J connectivity index is 1.58. The Morgan fingerprint density at radius 1 is 0.500 bits per heavy atom. The van der Waals surface area contributed by atoms with Gasteiger partial charge in [0.2, 0.25) is 0 Å². The molecule has 3 aromatic rings. The van der Waals surface area contributed by atoms with Gasteiger partial charge < -0.3 is 9.80 Å². The molecule has 0 spiro atoms. The number of rotatable bonds is 8. The molecular weight excluding hydrogens is 599 g/mol. The maximum absolute atomic E-state index is 2.91. The van der Waals surface area contributed by atoms with Crippen LogP contribution < -0.4 is 9.80 Å². The number of nitrogens with zero attached hydrogens (tertiary/aromatic N) is 2. The summed E-state index contributed by atoms with van der Waals surface area (Å²) in [6.07, 6.45) is 24.5. The van der Waals surface area contributed by atoms with E-state index >= 15 is 0 Å². The lowest BCUT2D eigenvalue weighted by Crippen LogP contribution is -2.54. The van der Waals surface area contributed by atoms with E-state index in [4.69, 9.17) is 0 Å². The molecule has 0 atom stereocenters. The fourth-order valence-electron chi connectivity index (χ4n) is 10.8. The Morgan fingerprint density at radius 3 is 1.19 bits per heavy atom. The average Bonchev–Trinajstić information content (AvgIpc) is 3.30. The van der Waals surface area contributed by atoms with Crippen LogP contribution in [0.25, 0.3) is 6.08 Å². The van der Waals surface area contributed by atoms with E-state index in [0.29, 0.717) is 0 Å².